The molecule has 1 aromatic heterocycles. The number of hydrogen-bond acceptors (Lipinski definition) is 3. The monoisotopic (exact) mass is 399 g/mol. The normalized spacial score (nSPS) is 18.4. The minimum Gasteiger partial charge on any atom is -0.497 e. The van der Waals surface area contributed by atoms with E-state index in [1.807, 2.05) is 47.4 Å². The van der Waals surface area contributed by atoms with Gasteiger partial charge in [-0.15, -0.1) is 11.3 Å². The second kappa shape index (κ2) is 6.54. The van der Waals surface area contributed by atoms with Gasteiger partial charge in [0.05, 0.1) is 12.1 Å². The van der Waals surface area contributed by atoms with Crippen molar-refractivity contribution in [3.63, 3.8) is 0 Å². The third-order valence-corrected chi connectivity index (χ3v) is 7.01. The van der Waals surface area contributed by atoms with Gasteiger partial charge in [-0.3, -0.25) is 4.79 Å². The molecule has 2 aromatic carbocycles. The number of methoxy groups -OCH3 is 1. The van der Waals surface area contributed by atoms with Crippen LogP contribution in [0.3, 0.4) is 0 Å². The van der Waals surface area contributed by atoms with Gasteiger partial charge in [-0.25, -0.2) is 0 Å². The number of carbonyl (C=O) groups excluding carboxylic acids is 1. The summed E-state index contributed by atoms with van der Waals surface area (Å²) < 4.78 is 6.43. The Morgan fingerprint density at radius 3 is 2.70 bits per heavy atom. The Bertz CT molecular complexity index is 1040. The lowest BCUT2D eigenvalue weighted by molar-refractivity contribution is 0.0958. The van der Waals surface area contributed by atoms with Gasteiger partial charge >= 0.3 is 0 Å². The van der Waals surface area contributed by atoms with Crippen molar-refractivity contribution in [1.82, 2.24) is 0 Å². The van der Waals surface area contributed by atoms with Crippen LogP contribution in [0.5, 0.6) is 5.75 Å². The quantitative estimate of drug-likeness (QED) is 0.492. The standard InChI is InChI=1S/C22H22ClNO2S/c1-13-12-22(2,3)24(17-10-9-14(26-4)11-16(13)17)21(25)20-19(23)15-7-5-6-8-18(15)27-20/h5-11,13H,12H2,1-4H3/t13-/m1/s1. The zero-order valence-electron chi connectivity index (χ0n) is 15.9. The molecule has 3 nitrogen and oxygen atoms in total. The molecule has 3 aromatic rings. The molecular formula is C22H22ClNO2S. The lowest BCUT2D eigenvalue weighted by atomic mass is 9.80. The van der Waals surface area contributed by atoms with Gasteiger partial charge in [0, 0.05) is 21.3 Å². The van der Waals surface area contributed by atoms with Crippen LogP contribution in [0.25, 0.3) is 10.1 Å². The zero-order valence-corrected chi connectivity index (χ0v) is 17.4. The van der Waals surface area contributed by atoms with Crippen LogP contribution in [0, 0.1) is 0 Å². The largest absolute Gasteiger partial charge is 0.497 e. The summed E-state index contributed by atoms with van der Waals surface area (Å²) in [7, 11) is 1.67. The Kier molecular flexibility index (Phi) is 4.44. The van der Waals surface area contributed by atoms with E-state index in [2.05, 4.69) is 20.8 Å². The molecule has 4 rings (SSSR count). The summed E-state index contributed by atoms with van der Waals surface area (Å²) in [6.07, 6.45) is 0.876. The van der Waals surface area contributed by atoms with E-state index in [1.54, 1.807) is 7.11 Å². The van der Waals surface area contributed by atoms with E-state index in [1.165, 1.54) is 11.3 Å². The van der Waals surface area contributed by atoms with Crippen molar-refractivity contribution < 1.29 is 9.53 Å². The molecule has 5 heteroatoms. The van der Waals surface area contributed by atoms with E-state index in [0.717, 1.165) is 33.5 Å². The minimum atomic E-state index is -0.308. The third-order valence-electron chi connectivity index (χ3n) is 5.35. The smallest absolute Gasteiger partial charge is 0.270 e. The first kappa shape index (κ1) is 18.3. The topological polar surface area (TPSA) is 29.5 Å². The van der Waals surface area contributed by atoms with Gasteiger partial charge in [0.15, 0.2) is 0 Å². The fraction of sp³-hybridized carbons (Fsp3) is 0.318. The predicted octanol–water partition coefficient (Wildman–Crippen LogP) is 6.50. The van der Waals surface area contributed by atoms with Gasteiger partial charge in [0.25, 0.3) is 5.91 Å². The molecule has 0 saturated heterocycles. The molecule has 1 aliphatic heterocycles. The fourth-order valence-corrected chi connectivity index (χ4v) is 5.61. The van der Waals surface area contributed by atoms with E-state index < -0.39 is 0 Å². The summed E-state index contributed by atoms with van der Waals surface area (Å²) in [4.78, 5) is 16.2. The van der Waals surface area contributed by atoms with Crippen molar-refractivity contribution >= 4 is 44.6 Å². The average molecular weight is 400 g/mol. The van der Waals surface area contributed by atoms with Crippen molar-refractivity contribution in [3.8, 4) is 5.75 Å². The second-order valence-electron chi connectivity index (χ2n) is 7.72. The van der Waals surface area contributed by atoms with Crippen LogP contribution in [0.15, 0.2) is 42.5 Å². The number of thiophene rings is 1. The lowest BCUT2D eigenvalue weighted by Crippen LogP contribution is -2.51. The van der Waals surface area contributed by atoms with Crippen molar-refractivity contribution in [2.45, 2.75) is 38.6 Å². The van der Waals surface area contributed by atoms with Gasteiger partial charge in [0.1, 0.15) is 10.6 Å². The molecule has 140 valence electrons. The predicted molar refractivity (Wildman–Crippen MR) is 114 cm³/mol. The zero-order chi connectivity index (χ0) is 19.3. The molecule has 1 amide bonds. The van der Waals surface area contributed by atoms with Crippen LogP contribution in [0.1, 0.15) is 48.3 Å². The van der Waals surface area contributed by atoms with Crippen LogP contribution in [0.4, 0.5) is 5.69 Å². The van der Waals surface area contributed by atoms with E-state index in [0.29, 0.717) is 15.8 Å². The molecule has 27 heavy (non-hydrogen) atoms. The number of anilines is 1. The number of benzene rings is 2. The van der Waals surface area contributed by atoms with Crippen LogP contribution >= 0.6 is 22.9 Å². The van der Waals surface area contributed by atoms with Crippen molar-refractivity contribution in [2.75, 3.05) is 12.0 Å². The number of fused-ring (bicyclic) bond motifs is 2. The maximum Gasteiger partial charge on any atom is 0.270 e. The Hall–Kier alpha value is -2.04. The molecule has 0 bridgehead atoms. The molecule has 1 atom stereocenters. The summed E-state index contributed by atoms with van der Waals surface area (Å²) in [6.45, 7) is 6.44. The first-order valence-corrected chi connectivity index (χ1v) is 10.2. The first-order chi connectivity index (χ1) is 12.8. The summed E-state index contributed by atoms with van der Waals surface area (Å²) in [5.74, 6) is 1.11. The number of carbonyl (C=O) groups is 1. The highest BCUT2D eigenvalue weighted by atomic mass is 35.5. The summed E-state index contributed by atoms with van der Waals surface area (Å²) in [6, 6.07) is 13.8. The number of nitrogens with zero attached hydrogens (tertiary/aromatic N) is 1. The van der Waals surface area contributed by atoms with Gasteiger partial charge in [-0.2, -0.15) is 0 Å². The molecule has 2 heterocycles. The SMILES string of the molecule is COc1ccc2c(c1)[C@H](C)CC(C)(C)N2C(=O)c1sc2ccccc2c1Cl. The Balaban J connectivity index is 1.87. The highest BCUT2D eigenvalue weighted by Gasteiger charge is 2.41. The first-order valence-electron chi connectivity index (χ1n) is 9.03. The molecule has 1 aliphatic rings. The van der Waals surface area contributed by atoms with Crippen molar-refractivity contribution in [1.29, 1.82) is 0 Å². The van der Waals surface area contributed by atoms with Crippen LogP contribution in [0.2, 0.25) is 5.02 Å². The van der Waals surface area contributed by atoms with Crippen LogP contribution in [-0.4, -0.2) is 18.6 Å². The van der Waals surface area contributed by atoms with Gasteiger partial charge in [-0.05, 0) is 56.0 Å². The Labute approximate surface area is 168 Å². The van der Waals surface area contributed by atoms with Crippen molar-refractivity contribution in [2.24, 2.45) is 0 Å². The molecule has 0 spiro atoms. The number of ether oxygens (including phenoxy) is 1. The number of halogens is 1. The Morgan fingerprint density at radius 2 is 2.00 bits per heavy atom. The van der Waals surface area contributed by atoms with Gasteiger partial charge in [-0.1, -0.05) is 36.7 Å². The van der Waals surface area contributed by atoms with Crippen molar-refractivity contribution in [3.05, 3.63) is 57.9 Å². The van der Waals surface area contributed by atoms with E-state index >= 15 is 0 Å². The van der Waals surface area contributed by atoms with Crippen LogP contribution < -0.4 is 9.64 Å². The Morgan fingerprint density at radius 1 is 1.26 bits per heavy atom. The molecular weight excluding hydrogens is 378 g/mol. The number of hydrogen-bond donors (Lipinski definition) is 0. The van der Waals surface area contributed by atoms with Crippen LogP contribution in [-0.2, 0) is 0 Å². The molecule has 0 N–H and O–H groups in total. The highest BCUT2D eigenvalue weighted by Crippen LogP contribution is 2.46. The maximum atomic E-state index is 13.7. The summed E-state index contributed by atoms with van der Waals surface area (Å²) >= 11 is 8.07. The summed E-state index contributed by atoms with van der Waals surface area (Å²) in [5, 5.41) is 1.48. The number of amides is 1. The molecule has 0 unspecified atom stereocenters. The number of rotatable bonds is 2. The molecule has 0 saturated carbocycles. The van der Waals surface area contributed by atoms with E-state index in [9.17, 15) is 4.79 Å². The van der Waals surface area contributed by atoms with Gasteiger partial charge < -0.3 is 9.64 Å². The lowest BCUT2D eigenvalue weighted by Gasteiger charge is -2.46. The highest BCUT2D eigenvalue weighted by molar-refractivity contribution is 7.21. The molecule has 0 radical (unpaired) electrons. The average Bonchev–Trinajstić information content (AvgIpc) is 2.98. The third kappa shape index (κ3) is 2.91. The maximum absolute atomic E-state index is 13.7. The summed E-state index contributed by atoms with van der Waals surface area (Å²) in [5.41, 5.74) is 1.77. The molecule has 0 aliphatic carbocycles. The van der Waals surface area contributed by atoms with E-state index in [4.69, 9.17) is 16.3 Å². The minimum absolute atomic E-state index is 0.0375. The second-order valence-corrected chi connectivity index (χ2v) is 9.15. The van der Waals surface area contributed by atoms with E-state index in [-0.39, 0.29) is 11.4 Å². The van der Waals surface area contributed by atoms with Gasteiger partial charge in [0.2, 0.25) is 0 Å². The fourth-order valence-electron chi connectivity index (χ4n) is 4.17. The molecule has 0 fully saturated rings.